The van der Waals surface area contributed by atoms with E-state index < -0.39 is 76.4 Å². The van der Waals surface area contributed by atoms with Crippen LogP contribution in [-0.2, 0) is 22.4 Å². The summed E-state index contributed by atoms with van der Waals surface area (Å²) in [4.78, 5) is 25.5. The number of rotatable bonds is 5. The van der Waals surface area contributed by atoms with E-state index >= 15 is 0 Å². The van der Waals surface area contributed by atoms with Crippen molar-refractivity contribution in [2.75, 3.05) is 0 Å². The van der Waals surface area contributed by atoms with E-state index in [9.17, 15) is 44.3 Å². The molecule has 0 amide bonds. The number of hydrogen-bond acceptors (Lipinski definition) is 5. The van der Waals surface area contributed by atoms with Gasteiger partial charge in [0.1, 0.15) is 4.21 Å². The number of thiophene rings is 1. The molecule has 1 aromatic heterocycles. The van der Waals surface area contributed by atoms with Crippen molar-refractivity contribution in [3.05, 3.63) is 86.8 Å². The zero-order valence-electron chi connectivity index (χ0n) is 16.9. The van der Waals surface area contributed by atoms with Crippen molar-refractivity contribution in [1.29, 1.82) is 0 Å². The average molecular weight is 521 g/mol. The number of primary sulfonamides is 1. The summed E-state index contributed by atoms with van der Waals surface area (Å²) in [7, 11) is -4.75. The first-order valence-corrected chi connectivity index (χ1v) is 11.5. The molecular formula is C21H13F6NO4S2. The van der Waals surface area contributed by atoms with Crippen molar-refractivity contribution in [2.45, 2.75) is 23.5 Å². The van der Waals surface area contributed by atoms with E-state index in [1.54, 1.807) is 0 Å². The van der Waals surface area contributed by atoms with Gasteiger partial charge in [0.15, 0.2) is 5.78 Å². The summed E-state index contributed by atoms with van der Waals surface area (Å²) in [6, 6.07) is 7.25. The van der Waals surface area contributed by atoms with Crippen LogP contribution < -0.4 is 5.14 Å². The first-order chi connectivity index (χ1) is 15.5. The molecule has 2 aromatic carbocycles. The number of carbonyl (C=O) groups excluding carboxylic acids is 2. The number of halogens is 6. The topological polar surface area (TPSA) is 94.3 Å². The summed E-state index contributed by atoms with van der Waals surface area (Å²) < 4.78 is 104. The first kappa shape index (κ1) is 25.6. The molecule has 1 heterocycles. The average Bonchev–Trinajstić information content (AvgIpc) is 3.09. The molecule has 0 saturated heterocycles. The fraction of sp³-hybridized carbons (Fsp3) is 0.143. The number of sulfonamides is 1. The normalized spacial score (nSPS) is 12.6. The van der Waals surface area contributed by atoms with Crippen molar-refractivity contribution >= 4 is 32.9 Å². The van der Waals surface area contributed by atoms with Crippen molar-refractivity contribution < 1.29 is 44.3 Å². The molecule has 0 aliphatic carbocycles. The maximum atomic E-state index is 13.4. The SMILES string of the molecule is Cc1c(C(=O)c2ccccc2C(F)(F)F)sc(S(N)(=O)=O)c1C(=O)c1ccccc1C(F)(F)F. The highest BCUT2D eigenvalue weighted by molar-refractivity contribution is 7.91. The van der Waals surface area contributed by atoms with Crippen LogP contribution in [0.2, 0.25) is 0 Å². The van der Waals surface area contributed by atoms with Gasteiger partial charge in [-0.05, 0) is 24.6 Å². The lowest BCUT2D eigenvalue weighted by Crippen LogP contribution is -2.18. The lowest BCUT2D eigenvalue weighted by atomic mass is 9.95. The van der Waals surface area contributed by atoms with Crippen LogP contribution in [0, 0.1) is 6.92 Å². The molecule has 180 valence electrons. The van der Waals surface area contributed by atoms with E-state index in [1.165, 1.54) is 0 Å². The maximum absolute atomic E-state index is 13.4. The second-order valence-electron chi connectivity index (χ2n) is 7.01. The van der Waals surface area contributed by atoms with Gasteiger partial charge in [-0.15, -0.1) is 11.3 Å². The highest BCUT2D eigenvalue weighted by atomic mass is 32.2. The van der Waals surface area contributed by atoms with Gasteiger partial charge in [-0.2, -0.15) is 26.3 Å². The molecule has 0 fully saturated rings. The number of benzene rings is 2. The van der Waals surface area contributed by atoms with Gasteiger partial charge in [-0.25, -0.2) is 13.6 Å². The lowest BCUT2D eigenvalue weighted by molar-refractivity contribution is -0.138. The van der Waals surface area contributed by atoms with E-state index in [0.29, 0.717) is 12.1 Å². The Hall–Kier alpha value is -3.03. The molecular weight excluding hydrogens is 508 g/mol. The Labute approximate surface area is 192 Å². The summed E-state index contributed by atoms with van der Waals surface area (Å²) in [5.41, 5.74) is -5.61. The Bertz CT molecular complexity index is 1410. The second kappa shape index (κ2) is 8.64. The predicted octanol–water partition coefficient (Wildman–Crippen LogP) is 5.20. The van der Waals surface area contributed by atoms with Crippen LogP contribution in [-0.4, -0.2) is 20.0 Å². The number of hydrogen-bond donors (Lipinski definition) is 1. The molecule has 5 nitrogen and oxygen atoms in total. The van der Waals surface area contributed by atoms with Crippen molar-refractivity contribution in [3.63, 3.8) is 0 Å². The Balaban J connectivity index is 2.28. The molecule has 0 aliphatic rings. The third kappa shape index (κ3) is 4.76. The molecule has 0 atom stereocenters. The van der Waals surface area contributed by atoms with E-state index in [0.717, 1.165) is 43.3 Å². The van der Waals surface area contributed by atoms with Crippen molar-refractivity contribution in [2.24, 2.45) is 5.14 Å². The van der Waals surface area contributed by atoms with E-state index in [-0.39, 0.29) is 11.3 Å². The van der Waals surface area contributed by atoms with E-state index in [4.69, 9.17) is 5.14 Å². The Morgan fingerprint density at radius 2 is 1.21 bits per heavy atom. The van der Waals surface area contributed by atoms with Crippen LogP contribution in [0.3, 0.4) is 0 Å². The molecule has 0 radical (unpaired) electrons. The smallest absolute Gasteiger partial charge is 0.289 e. The minimum Gasteiger partial charge on any atom is -0.289 e. The number of carbonyl (C=O) groups is 2. The van der Waals surface area contributed by atoms with Gasteiger partial charge >= 0.3 is 12.4 Å². The molecule has 0 saturated carbocycles. The molecule has 0 bridgehead atoms. The van der Waals surface area contributed by atoms with Gasteiger partial charge < -0.3 is 0 Å². The van der Waals surface area contributed by atoms with Crippen molar-refractivity contribution in [3.8, 4) is 0 Å². The Morgan fingerprint density at radius 1 is 0.794 bits per heavy atom. The molecule has 3 rings (SSSR count). The fourth-order valence-electron chi connectivity index (χ4n) is 3.28. The van der Waals surface area contributed by atoms with Crippen LogP contribution in [0.15, 0.2) is 52.7 Å². The number of ketones is 2. The zero-order valence-corrected chi connectivity index (χ0v) is 18.5. The van der Waals surface area contributed by atoms with Gasteiger partial charge in [0.25, 0.3) is 0 Å². The van der Waals surface area contributed by atoms with Crippen LogP contribution >= 0.6 is 11.3 Å². The highest BCUT2D eigenvalue weighted by Crippen LogP contribution is 2.39. The molecule has 0 unspecified atom stereocenters. The monoisotopic (exact) mass is 521 g/mol. The van der Waals surface area contributed by atoms with E-state index in [1.807, 2.05) is 0 Å². The standard InChI is InChI=1S/C21H13F6NO4S2/c1-10-15(16(29)11-6-2-4-8-13(11)20(22,23)24)19(34(28,31)32)33-18(10)17(30)12-7-3-5-9-14(12)21(25,26)27/h2-9H,1H3,(H2,28,31,32). The first-order valence-electron chi connectivity index (χ1n) is 9.13. The molecule has 0 spiro atoms. The summed E-state index contributed by atoms with van der Waals surface area (Å²) in [5, 5.41) is 5.13. The van der Waals surface area contributed by atoms with E-state index in [2.05, 4.69) is 0 Å². The second-order valence-corrected chi connectivity index (χ2v) is 9.79. The minimum atomic E-state index is -4.97. The summed E-state index contributed by atoms with van der Waals surface area (Å²) in [5.74, 6) is -2.66. The van der Waals surface area contributed by atoms with Gasteiger partial charge in [-0.1, -0.05) is 36.4 Å². The summed E-state index contributed by atoms with van der Waals surface area (Å²) >= 11 is 0.120. The molecule has 0 aliphatic heterocycles. The number of nitrogens with two attached hydrogens (primary N) is 1. The lowest BCUT2D eigenvalue weighted by Gasteiger charge is -2.13. The van der Waals surface area contributed by atoms with Crippen LogP contribution in [0.4, 0.5) is 26.3 Å². The third-order valence-corrected chi connectivity index (χ3v) is 7.51. The quantitative estimate of drug-likeness (QED) is 0.369. The van der Waals surface area contributed by atoms with Crippen molar-refractivity contribution in [1.82, 2.24) is 0 Å². The van der Waals surface area contributed by atoms with Gasteiger partial charge in [0, 0.05) is 11.1 Å². The van der Waals surface area contributed by atoms with Gasteiger partial charge in [0.05, 0.1) is 21.6 Å². The van der Waals surface area contributed by atoms with Gasteiger partial charge in [0.2, 0.25) is 15.8 Å². The molecule has 3 aromatic rings. The predicted molar refractivity (Wildman–Crippen MR) is 110 cm³/mol. The van der Waals surface area contributed by atoms with Crippen LogP contribution in [0.25, 0.3) is 0 Å². The molecule has 34 heavy (non-hydrogen) atoms. The summed E-state index contributed by atoms with van der Waals surface area (Å²) in [6.45, 7) is 1.05. The fourth-order valence-corrected chi connectivity index (χ4v) is 5.52. The Morgan fingerprint density at radius 3 is 1.62 bits per heavy atom. The molecule has 2 N–H and O–H groups in total. The van der Waals surface area contributed by atoms with Crippen LogP contribution in [0.5, 0.6) is 0 Å². The third-order valence-electron chi connectivity index (χ3n) is 4.76. The zero-order chi connectivity index (χ0) is 25.6. The van der Waals surface area contributed by atoms with Crippen LogP contribution in [0.1, 0.15) is 47.8 Å². The van der Waals surface area contributed by atoms with Gasteiger partial charge in [-0.3, -0.25) is 9.59 Å². The Kier molecular flexibility index (Phi) is 6.50. The maximum Gasteiger partial charge on any atom is 0.417 e. The highest BCUT2D eigenvalue weighted by Gasteiger charge is 2.39. The largest absolute Gasteiger partial charge is 0.417 e. The minimum absolute atomic E-state index is 0.120. The summed E-state index contributed by atoms with van der Waals surface area (Å²) in [6.07, 6.45) is -9.90. The molecule has 13 heteroatoms. The number of alkyl halides is 6.